The van der Waals surface area contributed by atoms with E-state index in [2.05, 4.69) is 0 Å². The summed E-state index contributed by atoms with van der Waals surface area (Å²) in [5, 5.41) is -0.826. The van der Waals surface area contributed by atoms with E-state index in [1.165, 1.54) is 4.31 Å². The lowest BCUT2D eigenvalue weighted by Crippen LogP contribution is -2.46. The van der Waals surface area contributed by atoms with Gasteiger partial charge in [0.05, 0.1) is 0 Å². The number of piperidine rings is 1. The van der Waals surface area contributed by atoms with Gasteiger partial charge in [-0.2, -0.15) is 4.31 Å². The summed E-state index contributed by atoms with van der Waals surface area (Å²) in [6.07, 6.45) is 3.31. The van der Waals surface area contributed by atoms with Crippen LogP contribution in [0, 0.1) is 0 Å². The quantitative estimate of drug-likeness (QED) is 0.703. The Kier molecular flexibility index (Phi) is 4.62. The van der Waals surface area contributed by atoms with Crippen molar-refractivity contribution < 1.29 is 16.8 Å². The van der Waals surface area contributed by atoms with Crippen LogP contribution in [0.1, 0.15) is 19.3 Å². The highest BCUT2D eigenvalue weighted by Crippen LogP contribution is 2.22. The monoisotopic (exact) mass is 289 g/mol. The third-order valence-corrected chi connectivity index (χ3v) is 6.93. The molecule has 0 radical (unpaired) electrons. The molecule has 1 heterocycles. The molecular formula is C8H16ClNO4S2. The fraction of sp³-hybridized carbons (Fsp3) is 1.00. The summed E-state index contributed by atoms with van der Waals surface area (Å²) in [4.78, 5) is 0. The van der Waals surface area contributed by atoms with Crippen molar-refractivity contribution in [1.29, 1.82) is 0 Å². The zero-order valence-electron chi connectivity index (χ0n) is 9.09. The van der Waals surface area contributed by atoms with E-state index >= 15 is 0 Å². The molecule has 0 aromatic carbocycles. The molecule has 0 N–H and O–H groups in total. The summed E-state index contributed by atoms with van der Waals surface area (Å²) < 4.78 is 47.0. The molecule has 0 aromatic heterocycles. The minimum absolute atomic E-state index is 0.211. The summed E-state index contributed by atoms with van der Waals surface area (Å²) in [6.45, 7) is 0.370. The number of nitrogens with zero attached hydrogens (tertiary/aromatic N) is 1. The molecule has 1 aliphatic heterocycles. The summed E-state index contributed by atoms with van der Waals surface area (Å²) in [6, 6.07) is -0.262. The summed E-state index contributed by atoms with van der Waals surface area (Å²) in [7, 11) is -7.28. The Morgan fingerprint density at radius 1 is 1.25 bits per heavy atom. The molecule has 1 aliphatic rings. The van der Waals surface area contributed by atoms with Gasteiger partial charge in [0.2, 0.25) is 10.0 Å². The van der Waals surface area contributed by atoms with E-state index in [1.54, 1.807) is 0 Å². The predicted octanol–water partition coefficient (Wildman–Crippen LogP) is 0.412. The largest absolute Gasteiger partial charge is 0.228 e. The van der Waals surface area contributed by atoms with Gasteiger partial charge in [-0.1, -0.05) is 6.42 Å². The molecule has 1 rings (SSSR count). The lowest BCUT2D eigenvalue weighted by Gasteiger charge is -2.33. The second kappa shape index (κ2) is 5.20. The fourth-order valence-electron chi connectivity index (χ4n) is 1.83. The normalized spacial score (nSPS) is 24.5. The Morgan fingerprint density at radius 2 is 1.88 bits per heavy atom. The van der Waals surface area contributed by atoms with Crippen LogP contribution in [0.15, 0.2) is 0 Å². The highest BCUT2D eigenvalue weighted by molar-refractivity contribution is 8.06. The van der Waals surface area contributed by atoms with Crippen molar-refractivity contribution in [3.8, 4) is 0 Å². The summed E-state index contributed by atoms with van der Waals surface area (Å²) >= 11 is 5.70. The smallest absolute Gasteiger partial charge is 0.228 e. The Hall–Kier alpha value is 0.150. The molecule has 8 heteroatoms. The minimum Gasteiger partial charge on any atom is -0.228 e. The van der Waals surface area contributed by atoms with Crippen molar-refractivity contribution in [2.24, 2.45) is 0 Å². The van der Waals surface area contributed by atoms with Gasteiger partial charge in [-0.05, 0) is 12.8 Å². The Morgan fingerprint density at radius 3 is 2.38 bits per heavy atom. The maximum absolute atomic E-state index is 11.9. The topological polar surface area (TPSA) is 71.5 Å². The van der Waals surface area contributed by atoms with Gasteiger partial charge in [-0.15, -0.1) is 11.6 Å². The number of hydrogen-bond donors (Lipinski definition) is 0. The number of alkyl halides is 1. The van der Waals surface area contributed by atoms with E-state index in [0.29, 0.717) is 13.0 Å². The maximum Gasteiger partial charge on any atom is 0.228 e. The fourth-order valence-corrected chi connectivity index (χ4v) is 5.98. The Bertz CT molecular complexity index is 431. The van der Waals surface area contributed by atoms with Crippen molar-refractivity contribution in [3.63, 3.8) is 0 Å². The molecule has 0 aliphatic carbocycles. The number of sulfone groups is 1. The Balaban J connectivity index is 2.89. The first-order valence-corrected chi connectivity index (χ1v) is 9.20. The lowest BCUT2D eigenvalue weighted by molar-refractivity contribution is 0.272. The second-order valence-corrected chi connectivity index (χ2v) is 8.81. The first-order chi connectivity index (χ1) is 7.26. The number of hydrogen-bond acceptors (Lipinski definition) is 4. The molecule has 1 saturated heterocycles. The average molecular weight is 290 g/mol. The number of halogens is 1. The van der Waals surface area contributed by atoms with Gasteiger partial charge >= 0.3 is 0 Å². The van der Waals surface area contributed by atoms with Gasteiger partial charge < -0.3 is 0 Å². The molecule has 1 atom stereocenters. The van der Waals surface area contributed by atoms with Gasteiger partial charge in [0.25, 0.3) is 0 Å². The number of sulfonamides is 1. The standard InChI is InChI=1S/C8H16ClNO4S2/c1-15(11,12)7-16(13,14)10-5-3-2-4-8(10)6-9/h8H,2-7H2,1H3. The first kappa shape index (κ1) is 14.2. The summed E-state index contributed by atoms with van der Waals surface area (Å²) in [5.74, 6) is 0.211. The van der Waals surface area contributed by atoms with Gasteiger partial charge in [0, 0.05) is 24.7 Å². The highest BCUT2D eigenvalue weighted by Gasteiger charge is 2.33. The molecule has 0 spiro atoms. The van der Waals surface area contributed by atoms with E-state index in [4.69, 9.17) is 11.6 Å². The van der Waals surface area contributed by atoms with Crippen LogP contribution in [0.5, 0.6) is 0 Å². The molecule has 0 saturated carbocycles. The Labute approximate surface area is 102 Å². The van der Waals surface area contributed by atoms with Crippen LogP contribution < -0.4 is 0 Å². The van der Waals surface area contributed by atoms with Gasteiger partial charge in [-0.25, -0.2) is 16.8 Å². The van der Waals surface area contributed by atoms with Gasteiger partial charge in [-0.3, -0.25) is 0 Å². The van der Waals surface area contributed by atoms with Crippen LogP contribution in [0.25, 0.3) is 0 Å². The average Bonchev–Trinajstić information content (AvgIpc) is 2.14. The molecule has 16 heavy (non-hydrogen) atoms. The van der Waals surface area contributed by atoms with Crippen molar-refractivity contribution in [1.82, 2.24) is 4.31 Å². The maximum atomic E-state index is 11.9. The first-order valence-electron chi connectivity index (χ1n) is 4.99. The second-order valence-electron chi connectivity index (χ2n) is 4.07. The third-order valence-electron chi connectivity index (χ3n) is 2.47. The third kappa shape index (κ3) is 3.87. The SMILES string of the molecule is CS(=O)(=O)CS(=O)(=O)N1CCCCC1CCl. The molecule has 1 unspecified atom stereocenters. The molecule has 96 valence electrons. The van der Waals surface area contributed by atoms with E-state index in [-0.39, 0.29) is 11.9 Å². The van der Waals surface area contributed by atoms with Crippen LogP contribution in [0.3, 0.4) is 0 Å². The minimum atomic E-state index is -3.74. The van der Waals surface area contributed by atoms with Crippen molar-refractivity contribution in [2.75, 3.05) is 23.8 Å². The van der Waals surface area contributed by atoms with Crippen molar-refractivity contribution >= 4 is 31.5 Å². The molecule has 0 bridgehead atoms. The van der Waals surface area contributed by atoms with E-state index in [0.717, 1.165) is 19.1 Å². The van der Waals surface area contributed by atoms with Gasteiger partial charge in [0.1, 0.15) is 0 Å². The van der Waals surface area contributed by atoms with Crippen LogP contribution in [0.4, 0.5) is 0 Å². The van der Waals surface area contributed by atoms with Crippen LogP contribution >= 0.6 is 11.6 Å². The van der Waals surface area contributed by atoms with E-state index < -0.39 is 24.9 Å². The highest BCUT2D eigenvalue weighted by atomic mass is 35.5. The molecule has 0 amide bonds. The molecule has 0 aromatic rings. The van der Waals surface area contributed by atoms with Crippen molar-refractivity contribution in [2.45, 2.75) is 25.3 Å². The molecule has 1 fully saturated rings. The number of rotatable bonds is 4. The molecular weight excluding hydrogens is 274 g/mol. The zero-order chi connectivity index (χ0) is 12.4. The van der Waals surface area contributed by atoms with Crippen LogP contribution in [0.2, 0.25) is 0 Å². The van der Waals surface area contributed by atoms with E-state index in [1.807, 2.05) is 0 Å². The van der Waals surface area contributed by atoms with Crippen LogP contribution in [-0.4, -0.2) is 50.9 Å². The van der Waals surface area contributed by atoms with E-state index in [9.17, 15) is 16.8 Å². The van der Waals surface area contributed by atoms with Crippen molar-refractivity contribution in [3.05, 3.63) is 0 Å². The predicted molar refractivity (Wildman–Crippen MR) is 63.7 cm³/mol. The molecule has 5 nitrogen and oxygen atoms in total. The zero-order valence-corrected chi connectivity index (χ0v) is 11.5. The lowest BCUT2D eigenvalue weighted by atomic mass is 10.1. The van der Waals surface area contributed by atoms with Crippen LogP contribution in [-0.2, 0) is 19.9 Å². The summed E-state index contributed by atoms with van der Waals surface area (Å²) in [5.41, 5.74) is 0. The van der Waals surface area contributed by atoms with Gasteiger partial charge in [0.15, 0.2) is 14.9 Å².